The fourth-order valence-electron chi connectivity index (χ4n) is 4.00. The Hall–Kier alpha value is -2.49. The molecule has 22 heavy (non-hydrogen) atoms. The minimum Gasteiger partial charge on any atom is -0.508 e. The van der Waals surface area contributed by atoms with E-state index in [1.54, 1.807) is 13.2 Å². The molecule has 0 amide bonds. The summed E-state index contributed by atoms with van der Waals surface area (Å²) in [5.74, 6) is 1.11. The van der Waals surface area contributed by atoms with Crippen LogP contribution in [0.4, 0.5) is 0 Å². The van der Waals surface area contributed by atoms with E-state index < -0.39 is 0 Å². The molecule has 4 rings (SSSR count). The number of ether oxygens (including phenoxy) is 1. The third kappa shape index (κ3) is 1.73. The average Bonchev–Trinajstić information content (AvgIpc) is 3.01. The number of nitrogens with zero attached hydrogens (tertiary/aromatic N) is 1. The van der Waals surface area contributed by atoms with Crippen LogP contribution in [0.25, 0.3) is 0 Å². The van der Waals surface area contributed by atoms with E-state index in [4.69, 9.17) is 4.74 Å². The Labute approximate surface area is 128 Å². The zero-order valence-corrected chi connectivity index (χ0v) is 12.3. The number of hydrogen-bond acceptors (Lipinski definition) is 4. The minimum atomic E-state index is -0.209. The second-order valence-corrected chi connectivity index (χ2v) is 6.24. The van der Waals surface area contributed by atoms with Gasteiger partial charge >= 0.3 is 0 Å². The molecule has 0 heterocycles. The Morgan fingerprint density at radius 1 is 1.00 bits per heavy atom. The van der Waals surface area contributed by atoms with Crippen molar-refractivity contribution in [3.05, 3.63) is 58.7 Å². The first-order valence-electron chi connectivity index (χ1n) is 7.36. The molecule has 4 nitrogen and oxygen atoms in total. The molecule has 2 aliphatic carbocycles. The molecule has 0 saturated heterocycles. The quantitative estimate of drug-likeness (QED) is 0.628. The lowest BCUT2D eigenvalue weighted by Crippen LogP contribution is -2.29. The van der Waals surface area contributed by atoms with Crippen LogP contribution >= 0.6 is 0 Å². The molecular weight excluding hydrogens is 278 g/mol. The van der Waals surface area contributed by atoms with Crippen molar-refractivity contribution in [1.82, 2.24) is 0 Å². The van der Waals surface area contributed by atoms with Crippen molar-refractivity contribution < 1.29 is 15.1 Å². The molecule has 0 fully saturated rings. The van der Waals surface area contributed by atoms with Crippen LogP contribution in [0, 0.1) is 5.41 Å². The average molecular weight is 295 g/mol. The summed E-state index contributed by atoms with van der Waals surface area (Å²) in [6, 6.07) is 11.4. The predicted molar refractivity (Wildman–Crippen MR) is 83.0 cm³/mol. The zero-order chi connectivity index (χ0) is 15.3. The van der Waals surface area contributed by atoms with Crippen molar-refractivity contribution >= 4 is 5.71 Å². The molecule has 1 spiro atoms. The highest BCUT2D eigenvalue weighted by molar-refractivity contribution is 6.09. The van der Waals surface area contributed by atoms with Crippen molar-refractivity contribution in [2.24, 2.45) is 10.6 Å². The van der Waals surface area contributed by atoms with E-state index in [1.807, 2.05) is 30.3 Å². The van der Waals surface area contributed by atoms with Gasteiger partial charge in [-0.05, 0) is 66.3 Å². The summed E-state index contributed by atoms with van der Waals surface area (Å²) in [5, 5.41) is 22.9. The van der Waals surface area contributed by atoms with E-state index in [0.717, 1.165) is 47.4 Å². The van der Waals surface area contributed by atoms with Crippen LogP contribution in [0.5, 0.6) is 11.5 Å². The van der Waals surface area contributed by atoms with E-state index in [-0.39, 0.29) is 11.2 Å². The van der Waals surface area contributed by atoms with Gasteiger partial charge in [-0.3, -0.25) is 0 Å². The second kappa shape index (κ2) is 4.50. The number of benzene rings is 2. The van der Waals surface area contributed by atoms with Crippen LogP contribution < -0.4 is 4.74 Å². The highest BCUT2D eigenvalue weighted by Gasteiger charge is 2.48. The molecule has 2 aromatic carbocycles. The molecule has 4 heteroatoms. The summed E-state index contributed by atoms with van der Waals surface area (Å²) in [5.41, 5.74) is 5.06. The van der Waals surface area contributed by atoms with Gasteiger partial charge in [0.15, 0.2) is 0 Å². The van der Waals surface area contributed by atoms with E-state index >= 15 is 0 Å². The maximum absolute atomic E-state index is 9.70. The normalized spacial score (nSPS) is 23.8. The largest absolute Gasteiger partial charge is 0.508 e. The molecule has 1 atom stereocenters. The number of phenolic OH excluding ortho intramolecular Hbond substituents is 1. The van der Waals surface area contributed by atoms with Crippen LogP contribution in [0.1, 0.15) is 22.3 Å². The summed E-state index contributed by atoms with van der Waals surface area (Å²) in [6.07, 6.45) is 2.44. The van der Waals surface area contributed by atoms with Crippen LogP contribution in [0.2, 0.25) is 0 Å². The topological polar surface area (TPSA) is 62.0 Å². The summed E-state index contributed by atoms with van der Waals surface area (Å²) < 4.78 is 5.30. The highest BCUT2D eigenvalue weighted by atomic mass is 16.5. The molecule has 2 N–H and O–H groups in total. The standard InChI is InChI=1S/C18H17NO3/c1-22-15-4-5-16-13(7-15)10-18(17(16)19-21)8-11-2-3-14(20)6-12(11)9-18/h2-7,20-21H,8-10H2,1H3/b19-17-. The van der Waals surface area contributed by atoms with Gasteiger partial charge in [0.1, 0.15) is 11.5 Å². The first kappa shape index (κ1) is 13.2. The van der Waals surface area contributed by atoms with Gasteiger partial charge in [0, 0.05) is 11.0 Å². The predicted octanol–water partition coefficient (Wildman–Crippen LogP) is 2.92. The number of fused-ring (bicyclic) bond motifs is 2. The van der Waals surface area contributed by atoms with Crippen LogP contribution in [-0.2, 0) is 19.3 Å². The fourth-order valence-corrected chi connectivity index (χ4v) is 4.00. The molecule has 0 aliphatic heterocycles. The number of methoxy groups -OCH3 is 1. The molecule has 0 aromatic heterocycles. The fraction of sp³-hybridized carbons (Fsp3) is 0.278. The Bertz CT molecular complexity index is 797. The Kier molecular flexibility index (Phi) is 2.70. The molecule has 1 unspecified atom stereocenters. The van der Waals surface area contributed by atoms with Gasteiger partial charge in [0.2, 0.25) is 0 Å². The number of rotatable bonds is 1. The zero-order valence-electron chi connectivity index (χ0n) is 12.3. The Morgan fingerprint density at radius 3 is 2.55 bits per heavy atom. The molecular formula is C18H17NO3. The highest BCUT2D eigenvalue weighted by Crippen LogP contribution is 2.48. The van der Waals surface area contributed by atoms with E-state index in [0.29, 0.717) is 0 Å². The van der Waals surface area contributed by atoms with Crippen molar-refractivity contribution in [3.8, 4) is 11.5 Å². The van der Waals surface area contributed by atoms with Crippen LogP contribution in [-0.4, -0.2) is 23.1 Å². The molecule has 2 aromatic rings. The SMILES string of the molecule is COc1ccc2c(c1)CC1(Cc3ccc(O)cc3C1)/C2=N\O. The summed E-state index contributed by atoms with van der Waals surface area (Å²) in [4.78, 5) is 0. The number of hydrogen-bond donors (Lipinski definition) is 2. The van der Waals surface area contributed by atoms with Gasteiger partial charge in [-0.2, -0.15) is 0 Å². The Balaban J connectivity index is 1.79. The van der Waals surface area contributed by atoms with Crippen molar-refractivity contribution in [3.63, 3.8) is 0 Å². The lowest BCUT2D eigenvalue weighted by atomic mass is 9.80. The van der Waals surface area contributed by atoms with E-state index in [2.05, 4.69) is 5.16 Å². The molecule has 2 aliphatic rings. The second-order valence-electron chi connectivity index (χ2n) is 6.24. The van der Waals surface area contributed by atoms with Crippen molar-refractivity contribution in [1.29, 1.82) is 0 Å². The first-order chi connectivity index (χ1) is 10.6. The Morgan fingerprint density at radius 2 is 1.77 bits per heavy atom. The minimum absolute atomic E-state index is 0.209. The number of oxime groups is 1. The van der Waals surface area contributed by atoms with Crippen LogP contribution in [0.3, 0.4) is 0 Å². The number of phenols is 1. The van der Waals surface area contributed by atoms with Crippen LogP contribution in [0.15, 0.2) is 41.6 Å². The molecule has 112 valence electrons. The first-order valence-corrected chi connectivity index (χ1v) is 7.36. The van der Waals surface area contributed by atoms with Gasteiger partial charge in [-0.15, -0.1) is 0 Å². The van der Waals surface area contributed by atoms with Crippen molar-refractivity contribution in [2.45, 2.75) is 19.3 Å². The van der Waals surface area contributed by atoms with Gasteiger partial charge in [-0.25, -0.2) is 0 Å². The lowest BCUT2D eigenvalue weighted by molar-refractivity contribution is 0.307. The third-order valence-corrected chi connectivity index (χ3v) is 4.95. The van der Waals surface area contributed by atoms with E-state index in [9.17, 15) is 10.3 Å². The summed E-state index contributed by atoms with van der Waals surface area (Å²) in [6.45, 7) is 0. The third-order valence-electron chi connectivity index (χ3n) is 4.95. The lowest BCUT2D eigenvalue weighted by Gasteiger charge is -2.22. The summed E-state index contributed by atoms with van der Waals surface area (Å²) >= 11 is 0. The summed E-state index contributed by atoms with van der Waals surface area (Å²) in [7, 11) is 1.65. The van der Waals surface area contributed by atoms with Gasteiger partial charge in [-0.1, -0.05) is 11.2 Å². The molecule has 0 radical (unpaired) electrons. The van der Waals surface area contributed by atoms with Gasteiger partial charge in [0.25, 0.3) is 0 Å². The van der Waals surface area contributed by atoms with E-state index in [1.165, 1.54) is 5.56 Å². The smallest absolute Gasteiger partial charge is 0.119 e. The molecule has 0 bridgehead atoms. The van der Waals surface area contributed by atoms with Gasteiger partial charge in [0.05, 0.1) is 12.8 Å². The monoisotopic (exact) mass is 295 g/mol. The number of aromatic hydroxyl groups is 1. The maximum atomic E-state index is 9.70. The van der Waals surface area contributed by atoms with Crippen molar-refractivity contribution in [2.75, 3.05) is 7.11 Å². The van der Waals surface area contributed by atoms with Gasteiger partial charge < -0.3 is 15.1 Å². The molecule has 0 saturated carbocycles. The maximum Gasteiger partial charge on any atom is 0.119 e.